The fraction of sp³-hybridized carbons (Fsp3) is 0.111. The second-order valence-electron chi connectivity index (χ2n) is 5.12. The molecule has 24 heavy (non-hydrogen) atoms. The quantitative estimate of drug-likeness (QED) is 0.825. The van der Waals surface area contributed by atoms with Crippen molar-refractivity contribution in [3.63, 3.8) is 0 Å². The van der Waals surface area contributed by atoms with Crippen molar-refractivity contribution < 1.29 is 19.1 Å². The number of rotatable bonds is 5. The minimum Gasteiger partial charge on any atom is -0.493 e. The third kappa shape index (κ3) is 2.81. The molecule has 1 aliphatic carbocycles. The molecule has 1 aliphatic rings. The number of carbonyl (C=O) groups excluding carboxylic acids is 2. The predicted molar refractivity (Wildman–Crippen MR) is 88.9 cm³/mol. The largest absolute Gasteiger partial charge is 0.493 e. The number of ketones is 1. The van der Waals surface area contributed by atoms with Gasteiger partial charge in [0, 0.05) is 22.8 Å². The van der Waals surface area contributed by atoms with Crippen LogP contribution in [0.2, 0.25) is 0 Å². The summed E-state index contributed by atoms with van der Waals surface area (Å²) in [6.07, 6.45) is 1.46. The third-order valence-corrected chi connectivity index (χ3v) is 3.71. The van der Waals surface area contributed by atoms with E-state index in [0.717, 1.165) is 5.56 Å². The Labute approximate surface area is 139 Å². The van der Waals surface area contributed by atoms with Gasteiger partial charge < -0.3 is 9.47 Å². The van der Waals surface area contributed by atoms with Crippen LogP contribution in [0.15, 0.2) is 48.5 Å². The van der Waals surface area contributed by atoms with Crippen molar-refractivity contribution in [2.24, 2.45) is 0 Å². The van der Waals surface area contributed by atoms with Crippen LogP contribution in [0.3, 0.4) is 0 Å². The molecule has 1 amide bonds. The van der Waals surface area contributed by atoms with Crippen molar-refractivity contribution in [3.05, 3.63) is 65.2 Å². The molecule has 0 aromatic heterocycles. The number of hydrogen-bond acceptors (Lipinski definition) is 5. The molecule has 0 aliphatic heterocycles. The van der Waals surface area contributed by atoms with Gasteiger partial charge in [-0.2, -0.15) is 0 Å². The van der Waals surface area contributed by atoms with E-state index >= 15 is 0 Å². The van der Waals surface area contributed by atoms with Crippen molar-refractivity contribution in [1.82, 2.24) is 10.9 Å². The molecule has 2 aromatic carbocycles. The van der Waals surface area contributed by atoms with Crippen LogP contribution in [0.25, 0.3) is 5.70 Å². The fourth-order valence-electron chi connectivity index (χ4n) is 2.50. The predicted octanol–water partition coefficient (Wildman–Crippen LogP) is 2.18. The molecule has 0 radical (unpaired) electrons. The van der Waals surface area contributed by atoms with Gasteiger partial charge >= 0.3 is 0 Å². The number of amides is 1. The summed E-state index contributed by atoms with van der Waals surface area (Å²) in [4.78, 5) is 24.2. The zero-order valence-corrected chi connectivity index (χ0v) is 13.3. The molecule has 2 aromatic rings. The highest BCUT2D eigenvalue weighted by atomic mass is 16.5. The molecule has 2 N–H and O–H groups in total. The van der Waals surface area contributed by atoms with E-state index in [1.165, 1.54) is 20.3 Å². The second kappa shape index (κ2) is 6.45. The van der Waals surface area contributed by atoms with Gasteiger partial charge in [-0.3, -0.25) is 20.4 Å². The van der Waals surface area contributed by atoms with Crippen molar-refractivity contribution >= 4 is 17.4 Å². The summed E-state index contributed by atoms with van der Waals surface area (Å²) in [5.74, 6) is 0.563. The normalized spacial score (nSPS) is 12.2. The van der Waals surface area contributed by atoms with Gasteiger partial charge in [-0.15, -0.1) is 0 Å². The lowest BCUT2D eigenvalue weighted by molar-refractivity contribution is 0.0941. The van der Waals surface area contributed by atoms with Crippen molar-refractivity contribution in [1.29, 1.82) is 0 Å². The van der Waals surface area contributed by atoms with Crippen LogP contribution < -0.4 is 20.3 Å². The van der Waals surface area contributed by atoms with Crippen LogP contribution in [-0.4, -0.2) is 25.9 Å². The molecule has 0 atom stereocenters. The molecule has 122 valence electrons. The number of ether oxygens (including phenoxy) is 2. The van der Waals surface area contributed by atoms with Gasteiger partial charge in [0.15, 0.2) is 17.3 Å². The van der Waals surface area contributed by atoms with Gasteiger partial charge in [-0.1, -0.05) is 24.3 Å². The molecule has 0 unspecified atom stereocenters. The first-order valence-electron chi connectivity index (χ1n) is 7.28. The van der Waals surface area contributed by atoms with Crippen LogP contribution in [0, 0.1) is 0 Å². The molecule has 0 bridgehead atoms. The van der Waals surface area contributed by atoms with Gasteiger partial charge in [0.2, 0.25) is 0 Å². The summed E-state index contributed by atoms with van der Waals surface area (Å²) in [7, 11) is 3.03. The summed E-state index contributed by atoms with van der Waals surface area (Å²) in [5, 5.41) is 0. The van der Waals surface area contributed by atoms with E-state index in [2.05, 4.69) is 10.9 Å². The first-order chi connectivity index (χ1) is 11.6. The number of carbonyl (C=O) groups is 2. The maximum absolute atomic E-state index is 12.3. The molecule has 3 rings (SSSR count). The molecule has 6 nitrogen and oxygen atoms in total. The lowest BCUT2D eigenvalue weighted by atomic mass is 10.1. The first-order valence-corrected chi connectivity index (χ1v) is 7.28. The Bertz CT molecular complexity index is 843. The Kier molecular flexibility index (Phi) is 4.20. The highest BCUT2D eigenvalue weighted by Crippen LogP contribution is 2.28. The third-order valence-electron chi connectivity index (χ3n) is 3.71. The molecule has 0 saturated carbocycles. The summed E-state index contributed by atoms with van der Waals surface area (Å²) < 4.78 is 10.3. The summed E-state index contributed by atoms with van der Waals surface area (Å²) in [5.41, 5.74) is 7.72. The number of methoxy groups -OCH3 is 2. The molecule has 0 saturated heterocycles. The fourth-order valence-corrected chi connectivity index (χ4v) is 2.50. The Morgan fingerprint density at radius 1 is 0.958 bits per heavy atom. The summed E-state index contributed by atoms with van der Waals surface area (Å²) >= 11 is 0. The highest BCUT2D eigenvalue weighted by molar-refractivity contribution is 6.16. The first kappa shape index (κ1) is 15.6. The van der Waals surface area contributed by atoms with Crippen LogP contribution >= 0.6 is 0 Å². The summed E-state index contributed by atoms with van der Waals surface area (Å²) in [6, 6.07) is 12.1. The average molecular weight is 324 g/mol. The average Bonchev–Trinajstić information content (AvgIpc) is 2.95. The monoisotopic (exact) mass is 324 g/mol. The van der Waals surface area contributed by atoms with E-state index in [1.54, 1.807) is 30.3 Å². The lowest BCUT2D eigenvalue weighted by Gasteiger charge is -2.12. The van der Waals surface area contributed by atoms with Gasteiger partial charge in [0.25, 0.3) is 5.91 Å². The summed E-state index contributed by atoms with van der Waals surface area (Å²) in [6.45, 7) is 0. The smallest absolute Gasteiger partial charge is 0.269 e. The van der Waals surface area contributed by atoms with E-state index in [-0.39, 0.29) is 11.7 Å². The van der Waals surface area contributed by atoms with Gasteiger partial charge in [-0.05, 0) is 18.2 Å². The minimum atomic E-state index is -0.353. The van der Waals surface area contributed by atoms with E-state index in [4.69, 9.17) is 9.47 Å². The zero-order chi connectivity index (χ0) is 17.1. The molecule has 0 spiro atoms. The van der Waals surface area contributed by atoms with Crippen LogP contribution in [-0.2, 0) is 0 Å². The Balaban J connectivity index is 1.73. The van der Waals surface area contributed by atoms with Gasteiger partial charge in [-0.25, -0.2) is 0 Å². The SMILES string of the molecule is COc1ccc(C(=O)NNC2=CC(=O)c3ccccc32)cc1OC. The maximum atomic E-state index is 12.3. The van der Waals surface area contributed by atoms with E-state index < -0.39 is 0 Å². The maximum Gasteiger partial charge on any atom is 0.269 e. The standard InChI is InChI=1S/C18H16N2O4/c1-23-16-8-7-11(9-17(16)24-2)18(22)20-19-14-10-15(21)13-6-4-3-5-12(13)14/h3-10,19H,1-2H3,(H,20,22). The number of nitrogens with one attached hydrogen (secondary N) is 2. The van der Waals surface area contributed by atoms with Crippen molar-refractivity contribution in [2.45, 2.75) is 0 Å². The number of fused-ring (bicyclic) bond motifs is 1. The minimum absolute atomic E-state index is 0.0894. The Morgan fingerprint density at radius 2 is 1.67 bits per heavy atom. The number of hydrogen-bond donors (Lipinski definition) is 2. The Morgan fingerprint density at radius 3 is 2.38 bits per heavy atom. The number of hydrazine groups is 1. The van der Waals surface area contributed by atoms with Crippen LogP contribution in [0.5, 0.6) is 11.5 Å². The topological polar surface area (TPSA) is 76.7 Å². The lowest BCUT2D eigenvalue weighted by Crippen LogP contribution is -2.35. The van der Waals surface area contributed by atoms with E-state index in [1.807, 2.05) is 12.1 Å². The molecular formula is C18H16N2O4. The number of benzene rings is 2. The second-order valence-corrected chi connectivity index (χ2v) is 5.12. The highest BCUT2D eigenvalue weighted by Gasteiger charge is 2.21. The molecule has 0 heterocycles. The van der Waals surface area contributed by atoms with E-state index in [9.17, 15) is 9.59 Å². The van der Waals surface area contributed by atoms with Crippen molar-refractivity contribution in [3.8, 4) is 11.5 Å². The number of allylic oxidation sites excluding steroid dienone is 1. The molecule has 6 heteroatoms. The van der Waals surface area contributed by atoms with Gasteiger partial charge in [0.05, 0.1) is 19.9 Å². The molecular weight excluding hydrogens is 308 g/mol. The Hall–Kier alpha value is -3.28. The van der Waals surface area contributed by atoms with Gasteiger partial charge in [0.1, 0.15) is 0 Å². The molecule has 0 fully saturated rings. The van der Waals surface area contributed by atoms with Crippen LogP contribution in [0.1, 0.15) is 26.3 Å². The van der Waals surface area contributed by atoms with Crippen LogP contribution in [0.4, 0.5) is 0 Å². The van der Waals surface area contributed by atoms with Crippen molar-refractivity contribution in [2.75, 3.05) is 14.2 Å². The van der Waals surface area contributed by atoms with E-state index in [0.29, 0.717) is 28.3 Å². The zero-order valence-electron chi connectivity index (χ0n) is 13.3.